The van der Waals surface area contributed by atoms with Gasteiger partial charge in [0.05, 0.1) is 0 Å². The summed E-state index contributed by atoms with van der Waals surface area (Å²) >= 11 is 0. The van der Waals surface area contributed by atoms with Crippen LogP contribution in [0.5, 0.6) is 0 Å². The SMILES string of the molecule is CC1(CNCC2CCNC2)CC1. The summed E-state index contributed by atoms with van der Waals surface area (Å²) in [5, 5.41) is 6.99. The van der Waals surface area contributed by atoms with E-state index in [4.69, 9.17) is 0 Å². The van der Waals surface area contributed by atoms with E-state index in [1.54, 1.807) is 0 Å². The van der Waals surface area contributed by atoms with Gasteiger partial charge >= 0.3 is 0 Å². The first-order chi connectivity index (χ1) is 5.79. The summed E-state index contributed by atoms with van der Waals surface area (Å²) in [6.45, 7) is 7.30. The van der Waals surface area contributed by atoms with Gasteiger partial charge in [-0.05, 0) is 50.2 Å². The van der Waals surface area contributed by atoms with Crippen molar-refractivity contribution in [2.24, 2.45) is 11.3 Å². The number of hydrogen-bond donors (Lipinski definition) is 2. The van der Waals surface area contributed by atoms with Gasteiger partial charge in [0.1, 0.15) is 0 Å². The molecule has 1 heterocycles. The smallest absolute Gasteiger partial charge is 0.000529 e. The molecule has 0 radical (unpaired) electrons. The molecular formula is C10H20N2. The van der Waals surface area contributed by atoms with Crippen LogP contribution >= 0.6 is 0 Å². The molecular weight excluding hydrogens is 148 g/mol. The highest BCUT2D eigenvalue weighted by Gasteiger charge is 2.36. The van der Waals surface area contributed by atoms with Gasteiger partial charge in [0.15, 0.2) is 0 Å². The zero-order valence-electron chi connectivity index (χ0n) is 8.03. The summed E-state index contributed by atoms with van der Waals surface area (Å²) in [6.07, 6.45) is 4.23. The van der Waals surface area contributed by atoms with Crippen molar-refractivity contribution >= 4 is 0 Å². The van der Waals surface area contributed by atoms with Gasteiger partial charge < -0.3 is 10.6 Å². The Balaban J connectivity index is 1.56. The molecule has 0 aromatic heterocycles. The number of rotatable bonds is 4. The molecule has 0 spiro atoms. The Labute approximate surface area is 75.1 Å². The van der Waals surface area contributed by atoms with Crippen molar-refractivity contribution in [1.29, 1.82) is 0 Å². The van der Waals surface area contributed by atoms with Crippen molar-refractivity contribution in [2.75, 3.05) is 26.2 Å². The molecule has 1 unspecified atom stereocenters. The van der Waals surface area contributed by atoms with Gasteiger partial charge in [-0.3, -0.25) is 0 Å². The molecule has 0 amide bonds. The average Bonchev–Trinajstić information content (AvgIpc) is 2.61. The Bertz CT molecular complexity index is 146. The fourth-order valence-corrected chi connectivity index (χ4v) is 1.86. The summed E-state index contributed by atoms with van der Waals surface area (Å²) in [7, 11) is 0. The second-order valence-corrected chi connectivity index (χ2v) is 4.80. The first-order valence-corrected chi connectivity index (χ1v) is 5.20. The van der Waals surface area contributed by atoms with Gasteiger partial charge in [0.2, 0.25) is 0 Å². The average molecular weight is 168 g/mol. The third kappa shape index (κ3) is 2.20. The van der Waals surface area contributed by atoms with Crippen LogP contribution in [-0.4, -0.2) is 26.2 Å². The van der Waals surface area contributed by atoms with Crippen LogP contribution in [0.1, 0.15) is 26.2 Å². The lowest BCUT2D eigenvalue weighted by Crippen LogP contribution is -2.28. The van der Waals surface area contributed by atoms with Crippen molar-refractivity contribution in [2.45, 2.75) is 26.2 Å². The summed E-state index contributed by atoms with van der Waals surface area (Å²) < 4.78 is 0. The molecule has 0 aromatic carbocycles. The van der Waals surface area contributed by atoms with E-state index in [1.165, 1.54) is 45.4 Å². The van der Waals surface area contributed by atoms with Gasteiger partial charge in [-0.25, -0.2) is 0 Å². The van der Waals surface area contributed by atoms with Crippen LogP contribution in [0.3, 0.4) is 0 Å². The molecule has 1 aliphatic carbocycles. The maximum absolute atomic E-state index is 3.59. The lowest BCUT2D eigenvalue weighted by atomic mass is 10.1. The van der Waals surface area contributed by atoms with E-state index < -0.39 is 0 Å². The highest BCUT2D eigenvalue weighted by Crippen LogP contribution is 2.43. The van der Waals surface area contributed by atoms with E-state index in [-0.39, 0.29) is 0 Å². The standard InChI is InChI=1S/C10H20N2/c1-10(3-4-10)8-12-7-9-2-5-11-6-9/h9,11-12H,2-8H2,1H3. The van der Waals surface area contributed by atoms with Crippen LogP contribution < -0.4 is 10.6 Å². The summed E-state index contributed by atoms with van der Waals surface area (Å²) in [6, 6.07) is 0. The molecule has 2 N–H and O–H groups in total. The van der Waals surface area contributed by atoms with Crippen LogP contribution in [0.4, 0.5) is 0 Å². The molecule has 70 valence electrons. The molecule has 12 heavy (non-hydrogen) atoms. The van der Waals surface area contributed by atoms with Crippen molar-refractivity contribution in [1.82, 2.24) is 10.6 Å². The number of nitrogens with one attached hydrogen (secondary N) is 2. The van der Waals surface area contributed by atoms with Crippen LogP contribution in [0.2, 0.25) is 0 Å². The molecule has 1 saturated carbocycles. The van der Waals surface area contributed by atoms with E-state index in [2.05, 4.69) is 17.6 Å². The highest BCUT2D eigenvalue weighted by molar-refractivity contribution is 4.90. The first kappa shape index (κ1) is 8.52. The second kappa shape index (κ2) is 3.35. The Hall–Kier alpha value is -0.0800. The zero-order valence-corrected chi connectivity index (χ0v) is 8.03. The fourth-order valence-electron chi connectivity index (χ4n) is 1.86. The third-order valence-electron chi connectivity index (χ3n) is 3.25. The molecule has 2 heteroatoms. The second-order valence-electron chi connectivity index (χ2n) is 4.80. The van der Waals surface area contributed by atoms with Crippen LogP contribution in [0.25, 0.3) is 0 Å². The molecule has 2 nitrogen and oxygen atoms in total. The van der Waals surface area contributed by atoms with Crippen molar-refractivity contribution in [3.8, 4) is 0 Å². The largest absolute Gasteiger partial charge is 0.316 e. The molecule has 2 fully saturated rings. The minimum absolute atomic E-state index is 0.673. The summed E-state index contributed by atoms with van der Waals surface area (Å²) in [4.78, 5) is 0. The lowest BCUT2D eigenvalue weighted by Gasteiger charge is -2.13. The van der Waals surface area contributed by atoms with Crippen LogP contribution in [0.15, 0.2) is 0 Å². The molecule has 1 saturated heterocycles. The Morgan fingerprint density at radius 2 is 2.33 bits per heavy atom. The van der Waals surface area contributed by atoms with Crippen LogP contribution in [0, 0.1) is 11.3 Å². The van der Waals surface area contributed by atoms with E-state index in [0.717, 1.165) is 5.92 Å². The molecule has 2 aliphatic rings. The first-order valence-electron chi connectivity index (χ1n) is 5.20. The van der Waals surface area contributed by atoms with E-state index >= 15 is 0 Å². The molecule has 0 bridgehead atoms. The van der Waals surface area contributed by atoms with Gasteiger partial charge in [-0.2, -0.15) is 0 Å². The Kier molecular flexibility index (Phi) is 2.37. The summed E-state index contributed by atoms with van der Waals surface area (Å²) in [5.74, 6) is 0.896. The topological polar surface area (TPSA) is 24.1 Å². The lowest BCUT2D eigenvalue weighted by molar-refractivity contribution is 0.448. The predicted molar refractivity (Wildman–Crippen MR) is 51.2 cm³/mol. The fraction of sp³-hybridized carbons (Fsp3) is 1.00. The van der Waals surface area contributed by atoms with Crippen molar-refractivity contribution in [3.63, 3.8) is 0 Å². The maximum atomic E-state index is 3.59. The van der Waals surface area contributed by atoms with E-state index in [1.807, 2.05) is 0 Å². The van der Waals surface area contributed by atoms with Gasteiger partial charge in [-0.15, -0.1) is 0 Å². The Morgan fingerprint density at radius 3 is 2.92 bits per heavy atom. The zero-order chi connectivity index (χ0) is 8.44. The normalized spacial score (nSPS) is 32.2. The van der Waals surface area contributed by atoms with E-state index in [0.29, 0.717) is 5.41 Å². The number of hydrogen-bond acceptors (Lipinski definition) is 2. The molecule has 2 rings (SSSR count). The van der Waals surface area contributed by atoms with Crippen molar-refractivity contribution in [3.05, 3.63) is 0 Å². The molecule has 0 aromatic rings. The maximum Gasteiger partial charge on any atom is 0.000529 e. The van der Waals surface area contributed by atoms with Gasteiger partial charge in [0, 0.05) is 6.54 Å². The van der Waals surface area contributed by atoms with E-state index in [9.17, 15) is 0 Å². The van der Waals surface area contributed by atoms with Crippen molar-refractivity contribution < 1.29 is 0 Å². The minimum Gasteiger partial charge on any atom is -0.316 e. The van der Waals surface area contributed by atoms with Gasteiger partial charge in [0.25, 0.3) is 0 Å². The minimum atomic E-state index is 0.673. The Morgan fingerprint density at radius 1 is 1.50 bits per heavy atom. The monoisotopic (exact) mass is 168 g/mol. The third-order valence-corrected chi connectivity index (χ3v) is 3.25. The quantitative estimate of drug-likeness (QED) is 0.654. The highest BCUT2D eigenvalue weighted by atomic mass is 14.9. The van der Waals surface area contributed by atoms with Gasteiger partial charge in [-0.1, -0.05) is 6.92 Å². The van der Waals surface area contributed by atoms with Crippen LogP contribution in [-0.2, 0) is 0 Å². The summed E-state index contributed by atoms with van der Waals surface area (Å²) in [5.41, 5.74) is 0.673. The molecule has 1 atom stereocenters. The predicted octanol–water partition coefficient (Wildman–Crippen LogP) is 0.986. The molecule has 1 aliphatic heterocycles.